The third-order valence-electron chi connectivity index (χ3n) is 11.1. The number of rotatable bonds is 6. The molecular weight excluding hydrogens is 388 g/mol. The monoisotopic (exact) mass is 433 g/mol. The van der Waals surface area contributed by atoms with Crippen molar-refractivity contribution in [1.29, 1.82) is 0 Å². The van der Waals surface area contributed by atoms with Crippen molar-refractivity contribution < 1.29 is 20.1 Å². The molecule has 0 radical (unpaired) electrons. The summed E-state index contributed by atoms with van der Waals surface area (Å²) in [6.45, 7) is 9.13. The number of carbonyl (C=O) groups excluding carboxylic acids is 1. The molecule has 2 N–H and O–H groups in total. The fourth-order valence-corrected chi connectivity index (χ4v) is 9.24. The second kappa shape index (κ2) is 8.63. The van der Waals surface area contributed by atoms with E-state index in [2.05, 4.69) is 20.8 Å². The van der Waals surface area contributed by atoms with Gasteiger partial charge in [-0.15, -0.1) is 0 Å². The zero-order valence-electron chi connectivity index (χ0n) is 20.2. The summed E-state index contributed by atoms with van der Waals surface area (Å²) in [5, 5.41) is 32.6. The molecule has 11 atom stereocenters. The fraction of sp³-hybridized carbons (Fsp3) is 0.963. The Morgan fingerprint density at radius 1 is 0.968 bits per heavy atom. The van der Waals surface area contributed by atoms with E-state index in [0.29, 0.717) is 47.3 Å². The summed E-state index contributed by atoms with van der Waals surface area (Å²) in [5.41, 5.74) is 0.591. The quantitative estimate of drug-likeness (QED) is 0.659. The molecule has 0 aromatic heterocycles. The minimum atomic E-state index is -0.924. The summed E-state index contributed by atoms with van der Waals surface area (Å²) in [6, 6.07) is 0. The maximum atomic E-state index is 11.3. The van der Waals surface area contributed by atoms with Gasteiger partial charge in [-0.3, -0.25) is 0 Å². The van der Waals surface area contributed by atoms with Crippen molar-refractivity contribution in [2.75, 3.05) is 0 Å². The third kappa shape index (κ3) is 3.98. The number of aliphatic hydroxyl groups is 2. The highest BCUT2D eigenvalue weighted by molar-refractivity contribution is 5.66. The molecule has 0 heterocycles. The molecule has 0 bridgehead atoms. The molecule has 4 nitrogen and oxygen atoms in total. The van der Waals surface area contributed by atoms with E-state index < -0.39 is 5.97 Å². The Balaban J connectivity index is 1.46. The molecule has 4 heteroatoms. The lowest BCUT2D eigenvalue weighted by Gasteiger charge is -2.62. The first kappa shape index (κ1) is 23.5. The summed E-state index contributed by atoms with van der Waals surface area (Å²) in [5.74, 6) is 2.12. The molecule has 0 spiro atoms. The Morgan fingerprint density at radius 2 is 1.65 bits per heavy atom. The Kier molecular flexibility index (Phi) is 6.55. The van der Waals surface area contributed by atoms with Gasteiger partial charge < -0.3 is 20.1 Å². The van der Waals surface area contributed by atoms with E-state index in [9.17, 15) is 20.1 Å². The smallest absolute Gasteiger partial charge is 0.0577 e. The van der Waals surface area contributed by atoms with Gasteiger partial charge in [0.05, 0.1) is 12.2 Å². The molecule has 4 aliphatic rings. The van der Waals surface area contributed by atoms with Crippen LogP contribution in [-0.2, 0) is 4.79 Å². The highest BCUT2D eigenvalue weighted by Gasteiger charge is 2.62. The van der Waals surface area contributed by atoms with Gasteiger partial charge in [0.15, 0.2) is 0 Å². The zero-order chi connectivity index (χ0) is 22.6. The molecule has 0 saturated heterocycles. The first-order valence-electron chi connectivity index (χ1n) is 13.1. The van der Waals surface area contributed by atoms with Gasteiger partial charge >= 0.3 is 0 Å². The van der Waals surface area contributed by atoms with Gasteiger partial charge in [0.1, 0.15) is 0 Å². The number of aliphatic carboxylic acids is 1. The molecule has 0 aromatic carbocycles. The van der Waals surface area contributed by atoms with E-state index in [4.69, 9.17) is 0 Å². The Morgan fingerprint density at radius 3 is 2.35 bits per heavy atom. The van der Waals surface area contributed by atoms with Gasteiger partial charge in [0, 0.05) is 5.97 Å². The van der Waals surface area contributed by atoms with E-state index in [-0.39, 0.29) is 23.5 Å². The predicted octanol–water partition coefficient (Wildman–Crippen LogP) is 4.17. The van der Waals surface area contributed by atoms with Crippen LogP contribution in [0.5, 0.6) is 0 Å². The predicted molar refractivity (Wildman–Crippen MR) is 120 cm³/mol. The fourth-order valence-electron chi connectivity index (χ4n) is 9.24. The van der Waals surface area contributed by atoms with Crippen LogP contribution in [0, 0.1) is 52.3 Å². The normalized spacial score (nSPS) is 48.9. The molecule has 4 fully saturated rings. The second-order valence-electron chi connectivity index (χ2n) is 12.6. The van der Waals surface area contributed by atoms with Crippen LogP contribution >= 0.6 is 0 Å². The van der Waals surface area contributed by atoms with Crippen LogP contribution in [0.3, 0.4) is 0 Å². The van der Waals surface area contributed by atoms with Crippen LogP contribution in [0.15, 0.2) is 0 Å². The van der Waals surface area contributed by atoms with E-state index >= 15 is 0 Å². The molecule has 0 amide bonds. The molecule has 4 rings (SSSR count). The lowest BCUT2D eigenvalue weighted by molar-refractivity contribution is -0.311. The van der Waals surface area contributed by atoms with Crippen LogP contribution in [0.2, 0.25) is 0 Å². The molecule has 0 unspecified atom stereocenters. The summed E-state index contributed by atoms with van der Waals surface area (Å²) in [4.78, 5) is 11.0. The Hall–Kier alpha value is -0.610. The summed E-state index contributed by atoms with van der Waals surface area (Å²) in [7, 11) is 0. The SMILES string of the molecule is C[C@H](CCC[C@@H](C)[C@H]1CC[C@H]2[C@@H]3[C@H](O)C[C@@H]4C[C@H](O)CC[C@]4(C)[C@H]3CC[C@]12C)C(=O)[O-]. The largest absolute Gasteiger partial charge is 0.550 e. The maximum absolute atomic E-state index is 11.3. The van der Waals surface area contributed by atoms with Crippen molar-refractivity contribution in [1.82, 2.24) is 0 Å². The zero-order valence-corrected chi connectivity index (χ0v) is 20.2. The third-order valence-corrected chi connectivity index (χ3v) is 11.1. The number of aliphatic hydroxyl groups excluding tert-OH is 2. The lowest BCUT2D eigenvalue weighted by Crippen LogP contribution is -2.58. The molecule has 0 aromatic rings. The van der Waals surface area contributed by atoms with Gasteiger partial charge in [-0.1, -0.05) is 40.5 Å². The van der Waals surface area contributed by atoms with Crippen molar-refractivity contribution in [3.63, 3.8) is 0 Å². The van der Waals surface area contributed by atoms with E-state index in [1.165, 1.54) is 25.7 Å². The molecule has 31 heavy (non-hydrogen) atoms. The molecule has 178 valence electrons. The average molecular weight is 434 g/mol. The first-order chi connectivity index (χ1) is 14.6. The number of hydrogen-bond donors (Lipinski definition) is 2. The van der Waals surface area contributed by atoms with Crippen LogP contribution in [0.25, 0.3) is 0 Å². The van der Waals surface area contributed by atoms with Gasteiger partial charge in [0.25, 0.3) is 0 Å². The number of carboxylic acids is 1. The van der Waals surface area contributed by atoms with Crippen molar-refractivity contribution in [3.05, 3.63) is 0 Å². The highest BCUT2D eigenvalue weighted by Crippen LogP contribution is 2.68. The van der Waals surface area contributed by atoms with Gasteiger partial charge in [-0.25, -0.2) is 0 Å². The van der Waals surface area contributed by atoms with Gasteiger partial charge in [-0.05, 0) is 110 Å². The molecular formula is C27H45O4-. The standard InChI is InChI=1S/C27H46O4/c1-16(6-5-7-17(2)25(30)31)20-8-9-21-24-22(11-13-27(20,21)4)26(3)12-10-19(28)14-18(26)15-23(24)29/h16-24,28-29H,5-15H2,1-4H3,(H,30,31)/p-1/t16-,17-,18+,19-,20-,21+,22+,23-,24+,26+,27-/m1/s1. The summed E-state index contributed by atoms with van der Waals surface area (Å²) >= 11 is 0. The molecule has 4 saturated carbocycles. The highest BCUT2D eigenvalue weighted by atomic mass is 16.4. The number of fused-ring (bicyclic) bond motifs is 5. The summed E-state index contributed by atoms with van der Waals surface area (Å²) in [6.07, 6.45) is 11.2. The van der Waals surface area contributed by atoms with Crippen LogP contribution in [-0.4, -0.2) is 28.4 Å². The number of carbonyl (C=O) groups is 1. The molecule has 4 aliphatic carbocycles. The van der Waals surface area contributed by atoms with Crippen molar-refractivity contribution in [2.24, 2.45) is 52.3 Å². The minimum absolute atomic E-state index is 0.174. The van der Waals surface area contributed by atoms with Gasteiger partial charge in [0.2, 0.25) is 0 Å². The number of carboxylic acid groups (broad SMARTS) is 1. The van der Waals surface area contributed by atoms with Crippen LogP contribution in [0.1, 0.15) is 98.3 Å². The summed E-state index contributed by atoms with van der Waals surface area (Å²) < 4.78 is 0. The average Bonchev–Trinajstić information content (AvgIpc) is 3.06. The number of hydrogen-bond acceptors (Lipinski definition) is 4. The van der Waals surface area contributed by atoms with Crippen molar-refractivity contribution >= 4 is 5.97 Å². The molecule has 0 aliphatic heterocycles. The van der Waals surface area contributed by atoms with Crippen LogP contribution in [0.4, 0.5) is 0 Å². The van der Waals surface area contributed by atoms with E-state index in [1.807, 2.05) is 0 Å². The second-order valence-corrected chi connectivity index (χ2v) is 12.6. The Labute approximate surface area is 189 Å². The van der Waals surface area contributed by atoms with Crippen molar-refractivity contribution in [2.45, 2.75) is 111 Å². The van der Waals surface area contributed by atoms with Crippen molar-refractivity contribution in [3.8, 4) is 0 Å². The minimum Gasteiger partial charge on any atom is -0.550 e. The van der Waals surface area contributed by atoms with Gasteiger partial charge in [-0.2, -0.15) is 0 Å². The van der Waals surface area contributed by atoms with Crippen LogP contribution < -0.4 is 5.11 Å². The first-order valence-corrected chi connectivity index (χ1v) is 13.1. The van der Waals surface area contributed by atoms with E-state index in [1.54, 1.807) is 6.92 Å². The maximum Gasteiger partial charge on any atom is 0.0577 e. The lowest BCUT2D eigenvalue weighted by atomic mass is 9.43. The topological polar surface area (TPSA) is 80.6 Å². The van der Waals surface area contributed by atoms with E-state index in [0.717, 1.165) is 38.5 Å². The Bertz CT molecular complexity index is 664.